The van der Waals surface area contributed by atoms with E-state index in [1.54, 1.807) is 0 Å². The summed E-state index contributed by atoms with van der Waals surface area (Å²) in [5.74, 6) is 1.77. The third-order valence-corrected chi connectivity index (χ3v) is 3.87. The molecule has 0 fully saturated rings. The molecule has 2 aromatic carbocycles. The van der Waals surface area contributed by atoms with Crippen molar-refractivity contribution in [2.75, 3.05) is 18.5 Å². The van der Waals surface area contributed by atoms with Gasteiger partial charge in [-0.25, -0.2) is 0 Å². The van der Waals surface area contributed by atoms with Crippen LogP contribution in [-0.2, 0) is 4.79 Å². The van der Waals surface area contributed by atoms with E-state index in [1.165, 1.54) is 0 Å². The van der Waals surface area contributed by atoms with Crippen molar-refractivity contribution < 1.29 is 14.3 Å². The molecular formula is C20H25NO3. The summed E-state index contributed by atoms with van der Waals surface area (Å²) in [7, 11) is 0. The third kappa shape index (κ3) is 5.01. The maximum absolute atomic E-state index is 12.1. The fraction of sp³-hybridized carbons (Fsp3) is 0.350. The van der Waals surface area contributed by atoms with Gasteiger partial charge in [0.1, 0.15) is 11.5 Å². The van der Waals surface area contributed by atoms with Gasteiger partial charge in [0.2, 0.25) is 0 Å². The average molecular weight is 327 g/mol. The summed E-state index contributed by atoms with van der Waals surface area (Å²) >= 11 is 0. The number of ether oxygens (including phenoxy) is 2. The van der Waals surface area contributed by atoms with Crippen LogP contribution in [0.4, 0.5) is 5.69 Å². The van der Waals surface area contributed by atoms with E-state index in [1.807, 2.05) is 55.5 Å². The largest absolute Gasteiger partial charge is 0.494 e. The molecule has 0 aliphatic heterocycles. The van der Waals surface area contributed by atoms with E-state index in [4.69, 9.17) is 9.47 Å². The molecule has 4 heteroatoms. The molecule has 0 saturated carbocycles. The maximum Gasteiger partial charge on any atom is 0.262 e. The average Bonchev–Trinajstić information content (AvgIpc) is 2.61. The lowest BCUT2D eigenvalue weighted by atomic mass is 9.98. The monoisotopic (exact) mass is 327 g/mol. The van der Waals surface area contributed by atoms with E-state index in [0.29, 0.717) is 12.5 Å². The van der Waals surface area contributed by atoms with Gasteiger partial charge in [0.25, 0.3) is 5.91 Å². The van der Waals surface area contributed by atoms with E-state index >= 15 is 0 Å². The molecule has 24 heavy (non-hydrogen) atoms. The Bertz CT molecular complexity index is 652. The Morgan fingerprint density at radius 2 is 1.75 bits per heavy atom. The molecule has 0 aliphatic carbocycles. The van der Waals surface area contributed by atoms with Crippen molar-refractivity contribution in [2.24, 2.45) is 0 Å². The molecule has 0 aliphatic rings. The van der Waals surface area contributed by atoms with Crippen LogP contribution in [0.5, 0.6) is 11.5 Å². The van der Waals surface area contributed by atoms with Gasteiger partial charge in [-0.15, -0.1) is 0 Å². The second-order valence-corrected chi connectivity index (χ2v) is 5.64. The lowest BCUT2D eigenvalue weighted by molar-refractivity contribution is -0.118. The first-order chi connectivity index (χ1) is 11.6. The van der Waals surface area contributed by atoms with E-state index in [0.717, 1.165) is 29.2 Å². The number of amides is 1. The lowest BCUT2D eigenvalue weighted by Crippen LogP contribution is -2.20. The second kappa shape index (κ2) is 8.96. The van der Waals surface area contributed by atoms with Gasteiger partial charge in [-0.05, 0) is 55.2 Å². The number of carbonyl (C=O) groups is 1. The van der Waals surface area contributed by atoms with Crippen molar-refractivity contribution in [3.8, 4) is 11.5 Å². The molecule has 1 atom stereocenters. The van der Waals surface area contributed by atoms with Gasteiger partial charge in [-0.2, -0.15) is 0 Å². The first kappa shape index (κ1) is 17.9. The Morgan fingerprint density at radius 1 is 1.04 bits per heavy atom. The molecule has 2 aromatic rings. The number of rotatable bonds is 8. The molecule has 0 spiro atoms. The highest BCUT2D eigenvalue weighted by Gasteiger charge is 2.11. The highest BCUT2D eigenvalue weighted by atomic mass is 16.5. The van der Waals surface area contributed by atoms with Crippen LogP contribution >= 0.6 is 0 Å². The summed E-state index contributed by atoms with van der Waals surface area (Å²) in [4.78, 5) is 12.1. The first-order valence-corrected chi connectivity index (χ1v) is 8.38. The zero-order chi connectivity index (χ0) is 17.4. The molecule has 0 aromatic heterocycles. The molecule has 2 rings (SSSR count). The zero-order valence-corrected chi connectivity index (χ0v) is 14.5. The summed E-state index contributed by atoms with van der Waals surface area (Å²) in [6.07, 6.45) is 1.03. The first-order valence-electron chi connectivity index (χ1n) is 8.38. The summed E-state index contributed by atoms with van der Waals surface area (Å²) in [6.45, 7) is 6.84. The third-order valence-electron chi connectivity index (χ3n) is 3.87. The molecule has 1 amide bonds. The van der Waals surface area contributed by atoms with Gasteiger partial charge >= 0.3 is 0 Å². The molecular weight excluding hydrogens is 302 g/mol. The maximum atomic E-state index is 12.1. The molecule has 0 heterocycles. The Hall–Kier alpha value is -2.49. The minimum absolute atomic E-state index is 0.0132. The van der Waals surface area contributed by atoms with Crippen molar-refractivity contribution in [2.45, 2.75) is 33.1 Å². The van der Waals surface area contributed by atoms with Gasteiger partial charge in [-0.1, -0.05) is 32.0 Å². The molecule has 0 saturated heterocycles. The molecule has 128 valence electrons. The Balaban J connectivity index is 1.91. The summed E-state index contributed by atoms with van der Waals surface area (Å²) in [5.41, 5.74) is 1.86. The smallest absolute Gasteiger partial charge is 0.262 e. The van der Waals surface area contributed by atoms with Crippen LogP contribution in [0.3, 0.4) is 0 Å². The fourth-order valence-electron chi connectivity index (χ4n) is 2.38. The van der Waals surface area contributed by atoms with Gasteiger partial charge in [0.15, 0.2) is 6.61 Å². The quantitative estimate of drug-likeness (QED) is 0.770. The number of nitrogens with one attached hydrogen (secondary N) is 1. The van der Waals surface area contributed by atoms with Crippen molar-refractivity contribution in [3.63, 3.8) is 0 Å². The summed E-state index contributed by atoms with van der Waals surface area (Å²) in [5, 5.41) is 2.82. The van der Waals surface area contributed by atoms with Gasteiger partial charge in [0.05, 0.1) is 6.61 Å². The topological polar surface area (TPSA) is 47.6 Å². The Labute approximate surface area is 143 Å². The number of hydrogen-bond acceptors (Lipinski definition) is 3. The summed E-state index contributed by atoms with van der Waals surface area (Å²) < 4.78 is 11.1. The predicted molar refractivity (Wildman–Crippen MR) is 96.9 cm³/mol. The molecule has 1 unspecified atom stereocenters. The van der Waals surface area contributed by atoms with Crippen LogP contribution in [0.15, 0.2) is 48.5 Å². The van der Waals surface area contributed by atoms with Gasteiger partial charge in [-0.3, -0.25) is 4.79 Å². The van der Waals surface area contributed by atoms with E-state index in [2.05, 4.69) is 19.2 Å². The van der Waals surface area contributed by atoms with Crippen LogP contribution in [0, 0.1) is 0 Å². The van der Waals surface area contributed by atoms with Gasteiger partial charge < -0.3 is 14.8 Å². The van der Waals surface area contributed by atoms with Crippen molar-refractivity contribution in [1.29, 1.82) is 0 Å². The van der Waals surface area contributed by atoms with Crippen LogP contribution in [0.25, 0.3) is 0 Å². The van der Waals surface area contributed by atoms with E-state index in [9.17, 15) is 4.79 Å². The van der Waals surface area contributed by atoms with Crippen LogP contribution in [0.2, 0.25) is 0 Å². The van der Waals surface area contributed by atoms with E-state index < -0.39 is 0 Å². The molecule has 0 radical (unpaired) electrons. The van der Waals surface area contributed by atoms with Gasteiger partial charge in [0, 0.05) is 5.69 Å². The SMILES string of the molecule is CCOc1ccc(NC(=O)COc2ccccc2C(C)CC)cc1. The fourth-order valence-corrected chi connectivity index (χ4v) is 2.38. The minimum Gasteiger partial charge on any atom is -0.494 e. The Morgan fingerprint density at radius 3 is 2.42 bits per heavy atom. The molecule has 1 N–H and O–H groups in total. The lowest BCUT2D eigenvalue weighted by Gasteiger charge is -2.15. The van der Waals surface area contributed by atoms with Crippen LogP contribution in [-0.4, -0.2) is 19.1 Å². The van der Waals surface area contributed by atoms with Crippen molar-refractivity contribution in [1.82, 2.24) is 0 Å². The highest BCUT2D eigenvalue weighted by molar-refractivity contribution is 5.91. The van der Waals surface area contributed by atoms with Crippen molar-refractivity contribution >= 4 is 11.6 Å². The highest BCUT2D eigenvalue weighted by Crippen LogP contribution is 2.28. The normalized spacial score (nSPS) is 11.6. The minimum atomic E-state index is -0.182. The van der Waals surface area contributed by atoms with Crippen molar-refractivity contribution in [3.05, 3.63) is 54.1 Å². The molecule has 4 nitrogen and oxygen atoms in total. The number of benzene rings is 2. The number of hydrogen-bond donors (Lipinski definition) is 1. The van der Waals surface area contributed by atoms with Crippen LogP contribution in [0.1, 0.15) is 38.7 Å². The zero-order valence-electron chi connectivity index (χ0n) is 14.5. The Kier molecular flexibility index (Phi) is 6.67. The predicted octanol–water partition coefficient (Wildman–Crippen LogP) is 4.62. The van der Waals surface area contributed by atoms with E-state index in [-0.39, 0.29) is 12.5 Å². The summed E-state index contributed by atoms with van der Waals surface area (Å²) in [6, 6.07) is 15.2. The second-order valence-electron chi connectivity index (χ2n) is 5.64. The number of anilines is 1. The molecule has 0 bridgehead atoms. The van der Waals surface area contributed by atoms with Crippen LogP contribution < -0.4 is 14.8 Å². The number of para-hydroxylation sites is 1. The number of carbonyl (C=O) groups excluding carboxylic acids is 1. The standard InChI is InChI=1S/C20H25NO3/c1-4-15(3)18-8-6-7-9-19(18)24-14-20(22)21-16-10-12-17(13-11-16)23-5-2/h6-13,15H,4-5,14H2,1-3H3,(H,21,22).